The quantitative estimate of drug-likeness (QED) is 0.159. The molecule has 0 fully saturated rings. The monoisotopic (exact) mass is 881 g/mol. The highest BCUT2D eigenvalue weighted by Crippen LogP contribution is 2.60. The van der Waals surface area contributed by atoms with Crippen LogP contribution in [0, 0.1) is 0 Å². The third kappa shape index (κ3) is 5.68. The summed E-state index contributed by atoms with van der Waals surface area (Å²) in [5.41, 5.74) is 15.3. The number of para-hydroxylation sites is 3. The Hall–Kier alpha value is -8.92. The minimum atomic E-state index is -0.780. The molecule has 0 spiro atoms. The molecule has 3 nitrogen and oxygen atoms in total. The summed E-state index contributed by atoms with van der Waals surface area (Å²) in [5, 5.41) is 4.53. The van der Waals surface area contributed by atoms with E-state index < -0.39 is 10.8 Å². The summed E-state index contributed by atoms with van der Waals surface area (Å²) in [7, 11) is 0. The van der Waals surface area contributed by atoms with E-state index in [9.17, 15) is 0 Å². The molecule has 0 saturated heterocycles. The van der Waals surface area contributed by atoms with Gasteiger partial charge in [0, 0.05) is 39.3 Å². The van der Waals surface area contributed by atoms with Crippen molar-refractivity contribution in [1.82, 2.24) is 0 Å². The van der Waals surface area contributed by atoms with Crippen LogP contribution in [0.15, 0.2) is 265 Å². The Labute approximate surface area is 400 Å². The second-order valence-electron chi connectivity index (χ2n) is 18.3. The maximum atomic E-state index is 6.87. The zero-order valence-electron chi connectivity index (χ0n) is 37.6. The lowest BCUT2D eigenvalue weighted by molar-refractivity contribution is 0.434. The van der Waals surface area contributed by atoms with E-state index in [0.717, 1.165) is 78.1 Å². The lowest BCUT2D eigenvalue weighted by Crippen LogP contribution is -2.35. The number of fused-ring (bicyclic) bond motifs is 9. The molecule has 324 valence electrons. The number of anilines is 3. The van der Waals surface area contributed by atoms with Gasteiger partial charge >= 0.3 is 0 Å². The largest absolute Gasteiger partial charge is 0.457 e. The second-order valence-corrected chi connectivity index (χ2v) is 18.3. The average molecular weight is 882 g/mol. The molecular weight excluding hydrogens is 839 g/mol. The average Bonchev–Trinajstić information content (AvgIpc) is 3.93. The molecule has 0 saturated carbocycles. The van der Waals surface area contributed by atoms with Crippen LogP contribution in [-0.4, -0.2) is 0 Å². The van der Waals surface area contributed by atoms with Gasteiger partial charge in [0.05, 0.1) is 16.5 Å². The van der Waals surface area contributed by atoms with Crippen LogP contribution >= 0.6 is 0 Å². The van der Waals surface area contributed by atoms with Crippen molar-refractivity contribution in [2.75, 3.05) is 4.90 Å². The fourth-order valence-corrected chi connectivity index (χ4v) is 12.0. The van der Waals surface area contributed by atoms with E-state index in [1.807, 2.05) is 0 Å². The first-order valence-electron chi connectivity index (χ1n) is 23.7. The van der Waals surface area contributed by atoms with Gasteiger partial charge in [-0.2, -0.15) is 0 Å². The van der Waals surface area contributed by atoms with E-state index >= 15 is 0 Å². The Kier molecular flexibility index (Phi) is 8.71. The smallest absolute Gasteiger partial charge is 0.137 e. The fraction of sp³-hybridized carbons (Fsp3) is 0.0303. The van der Waals surface area contributed by atoms with Crippen LogP contribution in [0.25, 0.3) is 43.8 Å². The van der Waals surface area contributed by atoms with Gasteiger partial charge in [-0.1, -0.05) is 200 Å². The molecule has 0 N–H and O–H groups in total. The van der Waals surface area contributed by atoms with Crippen LogP contribution in [0.4, 0.5) is 17.1 Å². The molecule has 0 amide bonds. The molecule has 0 radical (unpaired) electrons. The van der Waals surface area contributed by atoms with Gasteiger partial charge in [0.25, 0.3) is 0 Å². The first-order chi connectivity index (χ1) is 34.2. The fourth-order valence-electron chi connectivity index (χ4n) is 12.0. The first kappa shape index (κ1) is 39.3. The van der Waals surface area contributed by atoms with Crippen LogP contribution in [-0.2, 0) is 10.8 Å². The highest BCUT2D eigenvalue weighted by atomic mass is 16.5. The highest BCUT2D eigenvalue weighted by Gasteiger charge is 2.48. The predicted molar refractivity (Wildman–Crippen MR) is 282 cm³/mol. The van der Waals surface area contributed by atoms with Crippen molar-refractivity contribution in [2.45, 2.75) is 10.8 Å². The lowest BCUT2D eigenvalue weighted by atomic mass is 9.63. The van der Waals surface area contributed by atoms with Gasteiger partial charge < -0.3 is 14.1 Å². The molecule has 0 unspecified atom stereocenters. The summed E-state index contributed by atoms with van der Waals surface area (Å²) in [6.45, 7) is 0. The van der Waals surface area contributed by atoms with E-state index in [1.165, 1.54) is 38.8 Å². The molecule has 3 heteroatoms. The molecule has 1 aromatic heterocycles. The van der Waals surface area contributed by atoms with Crippen molar-refractivity contribution in [3.8, 4) is 22.6 Å². The summed E-state index contributed by atoms with van der Waals surface area (Å²) in [6.07, 6.45) is 0. The number of furan rings is 1. The van der Waals surface area contributed by atoms with Crippen LogP contribution in [0.3, 0.4) is 0 Å². The number of rotatable bonds is 7. The normalized spacial score (nSPS) is 13.9. The topological polar surface area (TPSA) is 25.6 Å². The molecule has 12 aromatic rings. The molecule has 2 aliphatic rings. The molecule has 0 bridgehead atoms. The molecule has 1 aliphatic heterocycles. The molecule has 1 aliphatic carbocycles. The Morgan fingerprint density at radius 3 is 1.46 bits per heavy atom. The molecule has 2 heterocycles. The molecular formula is C66H43NO2. The van der Waals surface area contributed by atoms with Gasteiger partial charge in [-0.3, -0.25) is 0 Å². The zero-order chi connectivity index (χ0) is 45.5. The van der Waals surface area contributed by atoms with Crippen molar-refractivity contribution >= 4 is 49.8 Å². The summed E-state index contributed by atoms with van der Waals surface area (Å²) in [5.74, 6) is 1.67. The van der Waals surface area contributed by atoms with Gasteiger partial charge in [-0.25, -0.2) is 0 Å². The van der Waals surface area contributed by atoms with E-state index in [4.69, 9.17) is 9.15 Å². The molecule has 0 atom stereocenters. The first-order valence-corrected chi connectivity index (χ1v) is 23.7. The minimum Gasteiger partial charge on any atom is -0.457 e. The number of hydrogen-bond donors (Lipinski definition) is 0. The van der Waals surface area contributed by atoms with Crippen LogP contribution < -0.4 is 9.64 Å². The number of ether oxygens (including phenoxy) is 1. The lowest BCUT2D eigenvalue weighted by Gasteiger charge is -2.43. The molecule has 14 rings (SSSR count). The molecule has 69 heavy (non-hydrogen) atoms. The van der Waals surface area contributed by atoms with Gasteiger partial charge in [-0.15, -0.1) is 0 Å². The van der Waals surface area contributed by atoms with Crippen molar-refractivity contribution in [3.05, 3.63) is 305 Å². The van der Waals surface area contributed by atoms with Crippen molar-refractivity contribution in [2.24, 2.45) is 0 Å². The van der Waals surface area contributed by atoms with Crippen molar-refractivity contribution < 1.29 is 9.15 Å². The van der Waals surface area contributed by atoms with Crippen LogP contribution in [0.5, 0.6) is 11.5 Å². The molecule has 11 aromatic carbocycles. The van der Waals surface area contributed by atoms with Crippen molar-refractivity contribution in [3.63, 3.8) is 0 Å². The van der Waals surface area contributed by atoms with E-state index in [2.05, 4.69) is 266 Å². The Morgan fingerprint density at radius 2 is 0.797 bits per heavy atom. The number of nitrogens with zero attached hydrogens (tertiary/aromatic N) is 1. The van der Waals surface area contributed by atoms with Gasteiger partial charge in [0.2, 0.25) is 0 Å². The minimum absolute atomic E-state index is 0.593. The summed E-state index contributed by atoms with van der Waals surface area (Å²) >= 11 is 0. The third-order valence-corrected chi connectivity index (χ3v) is 14.8. The Bertz CT molecular complexity index is 3870. The summed E-state index contributed by atoms with van der Waals surface area (Å²) < 4.78 is 13.7. The van der Waals surface area contributed by atoms with E-state index in [-0.39, 0.29) is 0 Å². The Balaban J connectivity index is 1.08. The summed E-state index contributed by atoms with van der Waals surface area (Å²) in [6, 6.07) is 94.9. The highest BCUT2D eigenvalue weighted by molar-refractivity contribution is 6.11. The Morgan fingerprint density at radius 1 is 0.304 bits per heavy atom. The van der Waals surface area contributed by atoms with Gasteiger partial charge in [0.1, 0.15) is 22.7 Å². The van der Waals surface area contributed by atoms with Gasteiger partial charge in [-0.05, 0) is 110 Å². The van der Waals surface area contributed by atoms with Gasteiger partial charge in [0.15, 0.2) is 0 Å². The summed E-state index contributed by atoms with van der Waals surface area (Å²) in [4.78, 5) is 2.46. The maximum Gasteiger partial charge on any atom is 0.137 e. The second kappa shape index (κ2) is 15.3. The zero-order valence-corrected chi connectivity index (χ0v) is 37.6. The SMILES string of the molecule is c1ccc(C2(c3cccc(N(c4ccc5c(c4)oc4cc6ccccc6cc45)c4ccccc4C4(c5ccccc5)c5ccccc5Oc5ccccc54)c3)c3ccccc3-c3ccccc32)cc1. The number of hydrogen-bond acceptors (Lipinski definition) is 3. The van der Waals surface area contributed by atoms with E-state index in [0.29, 0.717) is 0 Å². The predicted octanol–water partition coefficient (Wildman–Crippen LogP) is 17.1. The van der Waals surface area contributed by atoms with Crippen LogP contribution in [0.2, 0.25) is 0 Å². The van der Waals surface area contributed by atoms with Crippen LogP contribution in [0.1, 0.15) is 44.5 Å². The maximum absolute atomic E-state index is 6.87. The van der Waals surface area contributed by atoms with E-state index in [1.54, 1.807) is 0 Å². The van der Waals surface area contributed by atoms with Crippen molar-refractivity contribution in [1.29, 1.82) is 0 Å². The third-order valence-electron chi connectivity index (χ3n) is 14.8. The standard InChI is InChI=1S/C66H43NO2/c1-3-22-46(23-4-1)65(55-30-11-9-28-51(55)52-29-10-12-31-56(52)65)48-26-19-27-49(42-48)67(50-38-39-53-54-40-44-20-7-8-21-45(44)41-63(54)69-64(53)43-50)60-35-16-13-32-57(60)66(47-24-5-2-6-25-47)58-33-14-17-36-61(58)68-62-37-18-15-34-59(62)66/h1-43H. The number of benzene rings is 11.